The Labute approximate surface area is 150 Å². The van der Waals surface area contributed by atoms with Gasteiger partial charge in [-0.05, 0) is 42.3 Å². The Morgan fingerprint density at radius 3 is 2.62 bits per heavy atom. The van der Waals surface area contributed by atoms with Crippen LogP contribution in [0.3, 0.4) is 0 Å². The van der Waals surface area contributed by atoms with Gasteiger partial charge in [-0.25, -0.2) is 0 Å². The average molecular weight is 389 g/mol. The molecule has 2 aromatic rings. The van der Waals surface area contributed by atoms with Crippen molar-refractivity contribution >= 4 is 27.8 Å². The van der Waals surface area contributed by atoms with Crippen molar-refractivity contribution in [2.24, 2.45) is 4.99 Å². The molecule has 126 valence electrons. The zero-order valence-corrected chi connectivity index (χ0v) is 15.3. The minimum atomic E-state index is 0.269. The smallest absolute Gasteiger partial charge is 0.127 e. The molecule has 0 spiro atoms. The molecule has 0 bridgehead atoms. The Kier molecular flexibility index (Phi) is 5.66. The summed E-state index contributed by atoms with van der Waals surface area (Å²) in [6.07, 6.45) is 1.70. The van der Waals surface area contributed by atoms with Crippen LogP contribution in [0.1, 0.15) is 16.7 Å². The van der Waals surface area contributed by atoms with Crippen LogP contribution < -0.4 is 0 Å². The first-order chi connectivity index (χ1) is 11.6. The van der Waals surface area contributed by atoms with Crippen molar-refractivity contribution in [1.82, 2.24) is 4.90 Å². The highest BCUT2D eigenvalue weighted by Gasteiger charge is 2.10. The van der Waals surface area contributed by atoms with Crippen LogP contribution in [0, 0.1) is 6.92 Å². The first-order valence-electron chi connectivity index (χ1n) is 8.04. The number of rotatable bonds is 4. The number of phenolic OH excluding ortho intramolecular Hbond substituents is 1. The van der Waals surface area contributed by atoms with E-state index >= 15 is 0 Å². The average Bonchev–Trinajstić information content (AvgIpc) is 2.59. The summed E-state index contributed by atoms with van der Waals surface area (Å²) in [5, 5.41) is 10.1. The maximum atomic E-state index is 10.1. The number of hydrogen-bond acceptors (Lipinski definition) is 4. The molecule has 1 heterocycles. The summed E-state index contributed by atoms with van der Waals surface area (Å²) in [7, 11) is 0. The standard InChI is InChI=1S/C19H21BrN2O2/c1-14-10-17(20)11-16(19(14)23)12-21-18-4-2-15(3-5-18)13-22-6-8-24-9-7-22/h2-5,10-12,23H,6-9,13H2,1H3. The van der Waals surface area contributed by atoms with Gasteiger partial charge in [0.25, 0.3) is 0 Å². The number of phenols is 1. The molecule has 0 unspecified atom stereocenters. The maximum Gasteiger partial charge on any atom is 0.127 e. The summed E-state index contributed by atoms with van der Waals surface area (Å²) < 4.78 is 6.30. The zero-order chi connectivity index (χ0) is 16.9. The normalized spacial score (nSPS) is 15.9. The predicted octanol–water partition coefficient (Wildman–Crippen LogP) is 4.05. The lowest BCUT2D eigenvalue weighted by molar-refractivity contribution is 0.0342. The van der Waals surface area contributed by atoms with E-state index in [1.165, 1.54) is 5.56 Å². The molecular formula is C19H21BrN2O2. The molecule has 3 rings (SSSR count). The highest BCUT2D eigenvalue weighted by Crippen LogP contribution is 2.26. The van der Waals surface area contributed by atoms with Gasteiger partial charge >= 0.3 is 0 Å². The summed E-state index contributed by atoms with van der Waals surface area (Å²) in [5.41, 5.74) is 3.68. The number of nitrogens with zero attached hydrogens (tertiary/aromatic N) is 2. The molecule has 1 N–H and O–H groups in total. The fraction of sp³-hybridized carbons (Fsp3) is 0.316. The van der Waals surface area contributed by atoms with E-state index in [2.05, 4.69) is 38.0 Å². The zero-order valence-electron chi connectivity index (χ0n) is 13.7. The third kappa shape index (κ3) is 4.44. The number of morpholine rings is 1. The molecule has 2 aromatic carbocycles. The second-order valence-corrected chi connectivity index (χ2v) is 6.89. The van der Waals surface area contributed by atoms with E-state index < -0.39 is 0 Å². The van der Waals surface area contributed by atoms with Crippen molar-refractivity contribution < 1.29 is 9.84 Å². The number of aliphatic imine (C=N–C) groups is 1. The summed E-state index contributed by atoms with van der Waals surface area (Å²) in [6.45, 7) is 6.43. The topological polar surface area (TPSA) is 45.1 Å². The van der Waals surface area contributed by atoms with Gasteiger partial charge in [0.1, 0.15) is 5.75 Å². The number of hydrogen-bond donors (Lipinski definition) is 1. The molecule has 1 aliphatic heterocycles. The van der Waals surface area contributed by atoms with Gasteiger partial charge in [0, 0.05) is 35.9 Å². The number of aromatic hydroxyl groups is 1. The summed E-state index contributed by atoms with van der Waals surface area (Å²) in [6, 6.07) is 12.0. The quantitative estimate of drug-likeness (QED) is 0.803. The van der Waals surface area contributed by atoms with E-state index in [-0.39, 0.29) is 5.75 Å². The molecule has 1 saturated heterocycles. The molecule has 1 aliphatic rings. The van der Waals surface area contributed by atoms with Gasteiger partial charge in [-0.2, -0.15) is 0 Å². The lowest BCUT2D eigenvalue weighted by Gasteiger charge is -2.26. The first-order valence-corrected chi connectivity index (χ1v) is 8.83. The van der Waals surface area contributed by atoms with E-state index in [9.17, 15) is 5.11 Å². The van der Waals surface area contributed by atoms with E-state index in [1.54, 1.807) is 6.21 Å². The molecule has 1 fully saturated rings. The number of ether oxygens (including phenoxy) is 1. The molecule has 0 saturated carbocycles. The van der Waals surface area contributed by atoms with Crippen molar-refractivity contribution in [2.45, 2.75) is 13.5 Å². The lowest BCUT2D eigenvalue weighted by Crippen LogP contribution is -2.35. The second kappa shape index (κ2) is 7.92. The summed E-state index contributed by atoms with van der Waals surface area (Å²) >= 11 is 3.44. The first kappa shape index (κ1) is 17.1. The van der Waals surface area contributed by atoms with Gasteiger partial charge in [0.05, 0.1) is 18.9 Å². The van der Waals surface area contributed by atoms with Gasteiger partial charge < -0.3 is 9.84 Å². The van der Waals surface area contributed by atoms with Crippen LogP contribution in [0.2, 0.25) is 0 Å². The van der Waals surface area contributed by atoms with Crippen LogP contribution in [-0.2, 0) is 11.3 Å². The molecule has 0 atom stereocenters. The van der Waals surface area contributed by atoms with Crippen molar-refractivity contribution in [3.63, 3.8) is 0 Å². The van der Waals surface area contributed by atoms with Crippen LogP contribution in [0.4, 0.5) is 5.69 Å². The van der Waals surface area contributed by atoms with Crippen LogP contribution in [0.25, 0.3) is 0 Å². The minimum Gasteiger partial charge on any atom is -0.507 e. The molecule has 0 aliphatic carbocycles. The number of benzene rings is 2. The Hall–Kier alpha value is -1.69. The van der Waals surface area contributed by atoms with E-state index in [0.29, 0.717) is 5.56 Å². The summed E-state index contributed by atoms with van der Waals surface area (Å²) in [4.78, 5) is 6.86. The van der Waals surface area contributed by atoms with Crippen LogP contribution in [0.15, 0.2) is 45.9 Å². The van der Waals surface area contributed by atoms with Gasteiger partial charge in [0.15, 0.2) is 0 Å². The Morgan fingerprint density at radius 2 is 1.92 bits per heavy atom. The Bertz CT molecular complexity index is 723. The second-order valence-electron chi connectivity index (χ2n) is 5.97. The third-order valence-corrected chi connectivity index (χ3v) is 4.55. The van der Waals surface area contributed by atoms with Crippen molar-refractivity contribution in [1.29, 1.82) is 0 Å². The fourth-order valence-electron chi connectivity index (χ4n) is 2.71. The highest BCUT2D eigenvalue weighted by molar-refractivity contribution is 9.10. The minimum absolute atomic E-state index is 0.269. The van der Waals surface area contributed by atoms with Crippen molar-refractivity contribution in [2.75, 3.05) is 26.3 Å². The molecule has 4 nitrogen and oxygen atoms in total. The SMILES string of the molecule is Cc1cc(Br)cc(C=Nc2ccc(CN3CCOCC3)cc2)c1O. The van der Waals surface area contributed by atoms with Crippen molar-refractivity contribution in [3.05, 3.63) is 57.6 Å². The monoisotopic (exact) mass is 388 g/mol. The van der Waals surface area contributed by atoms with E-state index in [1.807, 2.05) is 31.2 Å². The summed E-state index contributed by atoms with van der Waals surface area (Å²) in [5.74, 6) is 0.269. The number of aryl methyl sites for hydroxylation is 1. The lowest BCUT2D eigenvalue weighted by atomic mass is 10.1. The molecule has 0 aromatic heterocycles. The van der Waals surface area contributed by atoms with Crippen LogP contribution in [-0.4, -0.2) is 42.5 Å². The molecule has 0 radical (unpaired) electrons. The van der Waals surface area contributed by atoms with Gasteiger partial charge in [0.2, 0.25) is 0 Å². The largest absolute Gasteiger partial charge is 0.507 e. The highest BCUT2D eigenvalue weighted by atomic mass is 79.9. The number of halogens is 1. The van der Waals surface area contributed by atoms with Crippen LogP contribution in [0.5, 0.6) is 5.75 Å². The van der Waals surface area contributed by atoms with E-state index in [4.69, 9.17) is 4.74 Å². The van der Waals surface area contributed by atoms with E-state index in [0.717, 1.165) is 48.6 Å². The van der Waals surface area contributed by atoms with Crippen LogP contribution >= 0.6 is 15.9 Å². The third-order valence-electron chi connectivity index (χ3n) is 4.09. The predicted molar refractivity (Wildman–Crippen MR) is 100 cm³/mol. The van der Waals surface area contributed by atoms with Crippen molar-refractivity contribution in [3.8, 4) is 5.75 Å². The molecular weight excluding hydrogens is 368 g/mol. The maximum absolute atomic E-state index is 10.1. The molecule has 0 amide bonds. The Morgan fingerprint density at radius 1 is 1.21 bits per heavy atom. The fourth-order valence-corrected chi connectivity index (χ4v) is 3.30. The van der Waals surface area contributed by atoms with Gasteiger partial charge in [-0.3, -0.25) is 9.89 Å². The Balaban J connectivity index is 1.67. The van der Waals surface area contributed by atoms with Gasteiger partial charge in [-0.15, -0.1) is 0 Å². The van der Waals surface area contributed by atoms with Gasteiger partial charge in [-0.1, -0.05) is 28.1 Å². The molecule has 5 heteroatoms. The molecule has 24 heavy (non-hydrogen) atoms.